The Labute approximate surface area is 73.7 Å². The second kappa shape index (κ2) is 15.7. The zero-order valence-electron chi connectivity index (χ0n) is 6.26. The summed E-state index contributed by atoms with van der Waals surface area (Å²) in [4.78, 5) is 0. The van der Waals surface area contributed by atoms with Crippen LogP contribution in [0.15, 0.2) is 18.2 Å². The Morgan fingerprint density at radius 1 is 1.11 bits per heavy atom. The maximum absolute atomic E-state index is 2.99. The fourth-order valence-electron chi connectivity index (χ4n) is 0.340. The molecule has 0 saturated carbocycles. The topological polar surface area (TPSA) is 0 Å². The molecule has 0 amide bonds. The molecule has 9 heavy (non-hydrogen) atoms. The van der Waals surface area contributed by atoms with E-state index in [2.05, 4.69) is 12.2 Å². The van der Waals surface area contributed by atoms with Crippen LogP contribution in [0.25, 0.3) is 0 Å². The van der Waals surface area contributed by atoms with E-state index >= 15 is 0 Å². The molecular formula is C8H14Pd-4. The van der Waals surface area contributed by atoms with Gasteiger partial charge in [-0.25, -0.2) is 12.2 Å². The second-order valence-corrected chi connectivity index (χ2v) is 1.00. The summed E-state index contributed by atoms with van der Waals surface area (Å²) in [5, 5.41) is 0. The summed E-state index contributed by atoms with van der Waals surface area (Å²) >= 11 is 0. The summed E-state index contributed by atoms with van der Waals surface area (Å²) in [6, 6.07) is 0. The van der Waals surface area contributed by atoms with E-state index in [1.165, 1.54) is 0 Å². The third-order valence-electron chi connectivity index (χ3n) is 0.586. The Balaban J connectivity index is -0.0000000312. The van der Waals surface area contributed by atoms with Crippen LogP contribution in [0.5, 0.6) is 0 Å². The molecule has 1 aliphatic rings. The molecule has 0 bridgehead atoms. The predicted octanol–water partition coefficient (Wildman–Crippen LogP) is 2.65. The van der Waals surface area contributed by atoms with Gasteiger partial charge in [-0.05, 0) is 0 Å². The fourth-order valence-corrected chi connectivity index (χ4v) is 0.340. The number of hydrogen-bond donors (Lipinski definition) is 0. The first-order valence-corrected chi connectivity index (χ1v) is 1.72. The van der Waals surface area contributed by atoms with E-state index in [1.54, 1.807) is 0 Å². The Morgan fingerprint density at radius 3 is 1.78 bits per heavy atom. The van der Waals surface area contributed by atoms with Crippen molar-refractivity contribution in [2.24, 2.45) is 0 Å². The van der Waals surface area contributed by atoms with Crippen LogP contribution in [-0.4, -0.2) is 0 Å². The molecule has 0 aromatic heterocycles. The van der Waals surface area contributed by atoms with Crippen LogP contribution in [-0.2, 0) is 20.4 Å². The van der Waals surface area contributed by atoms with Gasteiger partial charge in [-0.1, -0.05) is 0 Å². The summed E-state index contributed by atoms with van der Waals surface area (Å²) < 4.78 is 0. The molecule has 0 aromatic rings. The monoisotopic (exact) mass is 216 g/mol. The van der Waals surface area contributed by atoms with Crippen LogP contribution in [0.3, 0.4) is 0 Å². The number of hydrogen-bond acceptors (Lipinski definition) is 0. The van der Waals surface area contributed by atoms with Crippen molar-refractivity contribution in [3.8, 4) is 0 Å². The van der Waals surface area contributed by atoms with Gasteiger partial charge < -0.3 is 22.3 Å². The van der Waals surface area contributed by atoms with Gasteiger partial charge in [0.2, 0.25) is 0 Å². The summed E-state index contributed by atoms with van der Waals surface area (Å²) in [6.45, 7) is 0. The molecule has 0 fully saturated rings. The van der Waals surface area contributed by atoms with Gasteiger partial charge in [-0.3, -0.25) is 6.08 Å². The Morgan fingerprint density at radius 2 is 1.67 bits per heavy atom. The van der Waals surface area contributed by atoms with Crippen LogP contribution < -0.4 is 0 Å². The molecule has 1 rings (SSSR count). The van der Waals surface area contributed by atoms with Crippen LogP contribution >= 0.6 is 0 Å². The third kappa shape index (κ3) is 11.6. The van der Waals surface area contributed by atoms with Crippen LogP contribution in [0.2, 0.25) is 0 Å². The average molecular weight is 217 g/mol. The Hall–Kier alpha value is 0.142. The van der Waals surface area contributed by atoms with Crippen molar-refractivity contribution in [1.82, 2.24) is 0 Å². The predicted molar refractivity (Wildman–Crippen MR) is 40.8 cm³/mol. The maximum atomic E-state index is 2.99. The number of allylic oxidation sites excluding steroid dienone is 4. The van der Waals surface area contributed by atoms with E-state index in [1.807, 2.05) is 12.2 Å². The minimum Gasteiger partial charge on any atom is -0.358 e. The van der Waals surface area contributed by atoms with Gasteiger partial charge >= 0.3 is 0 Å². The van der Waals surface area contributed by atoms with Gasteiger partial charge in [0.05, 0.1) is 0 Å². The fraction of sp³-hybridized carbons (Fsp3) is 0.125. The molecule has 0 unspecified atom stereocenters. The molecule has 0 aliphatic heterocycles. The van der Waals surface area contributed by atoms with Crippen LogP contribution in [0.1, 0.15) is 6.42 Å². The Kier molecular flexibility index (Phi) is 40.0. The number of rotatable bonds is 0. The largest absolute Gasteiger partial charge is 0.358 e. The van der Waals surface area contributed by atoms with Gasteiger partial charge in [0, 0.05) is 20.4 Å². The molecule has 0 atom stereocenters. The minimum atomic E-state index is 0. The normalized spacial score (nSPS) is 9.78. The van der Waals surface area contributed by atoms with E-state index < -0.39 is 0 Å². The molecule has 0 N–H and O–H groups in total. The molecule has 1 aliphatic carbocycles. The van der Waals surface area contributed by atoms with Crippen molar-refractivity contribution in [1.29, 1.82) is 0 Å². The van der Waals surface area contributed by atoms with Crippen LogP contribution in [0, 0.1) is 28.4 Å². The van der Waals surface area contributed by atoms with Gasteiger partial charge in [-0.2, -0.15) is 6.08 Å². The molecule has 0 saturated heterocycles. The molecule has 0 radical (unpaired) electrons. The summed E-state index contributed by atoms with van der Waals surface area (Å²) in [6.07, 6.45) is 10.0. The van der Waals surface area contributed by atoms with E-state index in [0.717, 1.165) is 6.42 Å². The average Bonchev–Trinajstić information content (AvgIpc) is 1.76. The van der Waals surface area contributed by atoms with Crippen LogP contribution in [0.4, 0.5) is 0 Å². The van der Waals surface area contributed by atoms with Crippen molar-refractivity contribution in [2.75, 3.05) is 0 Å². The second-order valence-electron chi connectivity index (χ2n) is 1.00. The third-order valence-corrected chi connectivity index (χ3v) is 0.586. The van der Waals surface area contributed by atoms with E-state index in [0.29, 0.717) is 0 Å². The molecule has 1 heteroatoms. The SMILES string of the molecule is [C-]1=CC=CC1.[CH3-].[CH3-].[CH3-].[Pd]. The van der Waals surface area contributed by atoms with Gasteiger partial charge in [0.25, 0.3) is 0 Å². The molecular weight excluding hydrogens is 203 g/mol. The van der Waals surface area contributed by atoms with Gasteiger partial charge in [0.15, 0.2) is 0 Å². The first-order chi connectivity index (χ1) is 2.50. The van der Waals surface area contributed by atoms with Crippen molar-refractivity contribution < 1.29 is 20.4 Å². The summed E-state index contributed by atoms with van der Waals surface area (Å²) in [7, 11) is 0. The first kappa shape index (κ1) is 22.9. The molecule has 60 valence electrons. The smallest absolute Gasteiger partial charge is 0 e. The van der Waals surface area contributed by atoms with Gasteiger partial charge in [0.1, 0.15) is 0 Å². The quantitative estimate of drug-likeness (QED) is 0.431. The van der Waals surface area contributed by atoms with Gasteiger partial charge in [-0.15, -0.1) is 6.42 Å². The molecule has 0 heterocycles. The van der Waals surface area contributed by atoms with E-state index in [9.17, 15) is 0 Å². The zero-order chi connectivity index (χ0) is 3.54. The van der Waals surface area contributed by atoms with E-state index in [-0.39, 0.29) is 42.7 Å². The maximum Gasteiger partial charge on any atom is 0 e. The van der Waals surface area contributed by atoms with Crippen molar-refractivity contribution in [3.05, 3.63) is 46.6 Å². The molecule has 0 nitrogen and oxygen atoms in total. The standard InChI is InChI=1S/C5H5.3CH3.Pd/c1-2-4-5-3-1;;;;/h1-3H,4H2;3*1H3;/q4*-1;. The first-order valence-electron chi connectivity index (χ1n) is 1.72. The zero-order valence-corrected chi connectivity index (χ0v) is 7.81. The summed E-state index contributed by atoms with van der Waals surface area (Å²) in [5.41, 5.74) is 0. The Bertz CT molecular complexity index is 62.6. The molecule has 0 spiro atoms. The van der Waals surface area contributed by atoms with E-state index in [4.69, 9.17) is 0 Å². The minimum absolute atomic E-state index is 0. The van der Waals surface area contributed by atoms with Crippen molar-refractivity contribution in [2.45, 2.75) is 6.42 Å². The van der Waals surface area contributed by atoms with Crippen molar-refractivity contribution >= 4 is 0 Å². The molecule has 0 aromatic carbocycles. The van der Waals surface area contributed by atoms with Crippen molar-refractivity contribution in [3.63, 3.8) is 0 Å². The summed E-state index contributed by atoms with van der Waals surface area (Å²) in [5.74, 6) is 0.